The molecule has 0 radical (unpaired) electrons. The molecule has 0 aliphatic heterocycles. The van der Waals surface area contributed by atoms with Crippen LogP contribution >= 0.6 is 0 Å². The second kappa shape index (κ2) is 9.20. The third-order valence-corrected chi connectivity index (χ3v) is 5.41. The largest absolute Gasteiger partial charge is 0.402 e. The molecule has 0 fully saturated rings. The Hall–Kier alpha value is -2.39. The van der Waals surface area contributed by atoms with Crippen LogP contribution in [0.5, 0.6) is 0 Å². The average molecular weight is 414 g/mol. The number of nitrogens with one attached hydrogen (secondary N) is 2. The molecule has 0 aliphatic rings. The summed E-state index contributed by atoms with van der Waals surface area (Å²) in [5.41, 5.74) is 1.23. The van der Waals surface area contributed by atoms with Gasteiger partial charge in [-0.15, -0.1) is 0 Å². The molecule has 2 aromatic carbocycles. The van der Waals surface area contributed by atoms with Gasteiger partial charge < -0.3 is 5.32 Å². The van der Waals surface area contributed by atoms with Gasteiger partial charge in [-0.2, -0.15) is 13.2 Å². The van der Waals surface area contributed by atoms with Crippen molar-refractivity contribution in [1.82, 2.24) is 4.72 Å². The lowest BCUT2D eigenvalue weighted by Crippen LogP contribution is -2.33. The minimum absolute atomic E-state index is 0.237. The predicted molar refractivity (Wildman–Crippen MR) is 100 cm³/mol. The van der Waals surface area contributed by atoms with Gasteiger partial charge in [0.2, 0.25) is 15.9 Å². The summed E-state index contributed by atoms with van der Waals surface area (Å²) in [7, 11) is -4.29. The van der Waals surface area contributed by atoms with E-state index in [0.717, 1.165) is 24.1 Å². The number of halogens is 3. The van der Waals surface area contributed by atoms with Crippen LogP contribution in [0.25, 0.3) is 0 Å². The Bertz CT molecular complexity index is 883. The topological polar surface area (TPSA) is 75.3 Å². The highest BCUT2D eigenvalue weighted by Crippen LogP contribution is 2.24. The van der Waals surface area contributed by atoms with E-state index in [1.807, 2.05) is 37.3 Å². The number of rotatable bonds is 8. The van der Waals surface area contributed by atoms with Gasteiger partial charge in [0.05, 0.1) is 10.8 Å². The molecule has 5 nitrogen and oxygen atoms in total. The highest BCUT2D eigenvalue weighted by atomic mass is 32.2. The van der Waals surface area contributed by atoms with Crippen molar-refractivity contribution in [2.75, 3.05) is 11.9 Å². The van der Waals surface area contributed by atoms with Crippen molar-refractivity contribution in [3.05, 3.63) is 60.2 Å². The van der Waals surface area contributed by atoms with E-state index in [-0.39, 0.29) is 16.7 Å². The summed E-state index contributed by atoms with van der Waals surface area (Å²) in [5, 5.41) is 2.73. The molecular formula is C19H21F3N2O3S. The smallest absolute Gasteiger partial charge is 0.326 e. The van der Waals surface area contributed by atoms with Crippen molar-refractivity contribution in [2.45, 2.75) is 36.8 Å². The van der Waals surface area contributed by atoms with Crippen molar-refractivity contribution >= 4 is 21.6 Å². The predicted octanol–water partition coefficient (Wildman–Crippen LogP) is 4.05. The van der Waals surface area contributed by atoms with Gasteiger partial charge in [-0.05, 0) is 36.2 Å². The molecule has 9 heteroatoms. The van der Waals surface area contributed by atoms with Crippen LogP contribution in [-0.4, -0.2) is 27.0 Å². The summed E-state index contributed by atoms with van der Waals surface area (Å²) < 4.78 is 61.9. The maximum absolute atomic E-state index is 12.6. The summed E-state index contributed by atoms with van der Waals surface area (Å²) >= 11 is 0. The van der Waals surface area contributed by atoms with E-state index in [0.29, 0.717) is 12.1 Å². The molecule has 0 saturated heterocycles. The zero-order valence-corrected chi connectivity index (χ0v) is 16.0. The molecule has 2 rings (SSSR count). The standard InChI is InChI=1S/C19H21F3N2O3S/c1-2-6-17(14-7-4-3-5-8-14)18(25)24-15-9-11-16(12-10-15)28(26,27)23-13-19(20,21)22/h3-5,7-12,17,23H,2,6,13H2,1H3,(H,24,25)/t17-/m1/s1. The van der Waals surface area contributed by atoms with Crippen molar-refractivity contribution in [1.29, 1.82) is 0 Å². The van der Waals surface area contributed by atoms with E-state index < -0.39 is 22.7 Å². The lowest BCUT2D eigenvalue weighted by Gasteiger charge is -2.17. The maximum Gasteiger partial charge on any atom is 0.402 e. The highest BCUT2D eigenvalue weighted by molar-refractivity contribution is 7.89. The van der Waals surface area contributed by atoms with E-state index in [2.05, 4.69) is 5.32 Å². The molecule has 152 valence electrons. The molecule has 0 aliphatic carbocycles. The van der Waals surface area contributed by atoms with Gasteiger partial charge in [0, 0.05) is 5.69 Å². The van der Waals surface area contributed by atoms with E-state index >= 15 is 0 Å². The molecule has 1 atom stereocenters. The Morgan fingerprint density at radius 3 is 2.18 bits per heavy atom. The highest BCUT2D eigenvalue weighted by Gasteiger charge is 2.30. The monoisotopic (exact) mass is 414 g/mol. The first-order chi connectivity index (χ1) is 13.1. The lowest BCUT2D eigenvalue weighted by atomic mass is 9.93. The van der Waals surface area contributed by atoms with Crippen LogP contribution in [-0.2, 0) is 14.8 Å². The second-order valence-corrected chi connectivity index (χ2v) is 7.97. The Balaban J connectivity index is 2.09. The first-order valence-corrected chi connectivity index (χ1v) is 10.1. The minimum Gasteiger partial charge on any atom is -0.326 e. The summed E-state index contributed by atoms with van der Waals surface area (Å²) in [4.78, 5) is 12.3. The van der Waals surface area contributed by atoms with Gasteiger partial charge in [0.25, 0.3) is 0 Å². The van der Waals surface area contributed by atoms with Gasteiger partial charge >= 0.3 is 6.18 Å². The van der Waals surface area contributed by atoms with Crippen LogP contribution in [0.3, 0.4) is 0 Å². The lowest BCUT2D eigenvalue weighted by molar-refractivity contribution is -0.121. The number of benzene rings is 2. The van der Waals surface area contributed by atoms with Crippen LogP contribution in [0.2, 0.25) is 0 Å². The van der Waals surface area contributed by atoms with Crippen molar-refractivity contribution in [3.63, 3.8) is 0 Å². The molecule has 28 heavy (non-hydrogen) atoms. The van der Waals surface area contributed by atoms with Crippen molar-refractivity contribution in [3.8, 4) is 0 Å². The van der Waals surface area contributed by atoms with E-state index in [1.165, 1.54) is 16.9 Å². The number of amides is 1. The summed E-state index contributed by atoms with van der Waals surface area (Å²) in [6.07, 6.45) is -3.20. The normalized spacial score (nSPS) is 13.1. The van der Waals surface area contributed by atoms with Crippen LogP contribution < -0.4 is 10.0 Å². The fourth-order valence-corrected chi connectivity index (χ4v) is 3.64. The Labute approximate surface area is 162 Å². The molecule has 0 spiro atoms. The fourth-order valence-electron chi connectivity index (χ4n) is 2.63. The molecule has 2 N–H and O–H groups in total. The maximum atomic E-state index is 12.6. The molecule has 0 aromatic heterocycles. The molecular weight excluding hydrogens is 393 g/mol. The number of hydrogen-bond donors (Lipinski definition) is 2. The van der Waals surface area contributed by atoms with Crippen LogP contribution in [0.15, 0.2) is 59.5 Å². The zero-order chi connectivity index (χ0) is 20.8. The van der Waals surface area contributed by atoms with Gasteiger partial charge in [-0.25, -0.2) is 13.1 Å². The van der Waals surface area contributed by atoms with Crippen molar-refractivity contribution in [2.24, 2.45) is 0 Å². The van der Waals surface area contributed by atoms with Crippen molar-refractivity contribution < 1.29 is 26.4 Å². The second-order valence-electron chi connectivity index (χ2n) is 6.21. The van der Waals surface area contributed by atoms with Gasteiger partial charge in [0.15, 0.2) is 0 Å². The number of hydrogen-bond acceptors (Lipinski definition) is 3. The van der Waals surface area contributed by atoms with Crippen LogP contribution in [0.4, 0.5) is 18.9 Å². The average Bonchev–Trinajstić information content (AvgIpc) is 2.65. The first kappa shape index (κ1) is 21.9. The quantitative estimate of drug-likeness (QED) is 0.684. The summed E-state index contributed by atoms with van der Waals surface area (Å²) in [6.45, 7) is 0.320. The first-order valence-electron chi connectivity index (χ1n) is 8.64. The van der Waals surface area contributed by atoms with E-state index in [4.69, 9.17) is 0 Å². The SMILES string of the molecule is CCC[C@@H](C(=O)Nc1ccc(S(=O)(=O)NCC(F)(F)F)cc1)c1ccccc1. The number of alkyl halides is 3. The molecule has 2 aromatic rings. The van der Waals surface area contributed by atoms with Gasteiger partial charge in [0.1, 0.15) is 6.54 Å². The number of sulfonamides is 1. The molecule has 0 saturated carbocycles. The van der Waals surface area contributed by atoms with E-state index in [9.17, 15) is 26.4 Å². The Kier molecular flexibility index (Phi) is 7.20. The molecule has 0 heterocycles. The Morgan fingerprint density at radius 2 is 1.64 bits per heavy atom. The number of anilines is 1. The summed E-state index contributed by atoms with van der Waals surface area (Å²) in [5.74, 6) is -0.595. The molecule has 0 bridgehead atoms. The summed E-state index contributed by atoms with van der Waals surface area (Å²) in [6, 6.07) is 14.2. The fraction of sp³-hybridized carbons (Fsp3) is 0.316. The number of carbonyl (C=O) groups excluding carboxylic acids is 1. The van der Waals surface area contributed by atoms with Gasteiger partial charge in [-0.1, -0.05) is 43.7 Å². The number of carbonyl (C=O) groups is 1. The zero-order valence-electron chi connectivity index (χ0n) is 15.2. The van der Waals surface area contributed by atoms with Gasteiger partial charge in [-0.3, -0.25) is 4.79 Å². The minimum atomic E-state index is -4.65. The third kappa shape index (κ3) is 6.35. The van der Waals surface area contributed by atoms with E-state index in [1.54, 1.807) is 0 Å². The molecule has 1 amide bonds. The third-order valence-electron chi connectivity index (χ3n) is 3.99. The van der Waals surface area contributed by atoms with Crippen LogP contribution in [0.1, 0.15) is 31.2 Å². The van der Waals surface area contributed by atoms with Crippen LogP contribution in [0, 0.1) is 0 Å². The molecule has 0 unspecified atom stereocenters. The Morgan fingerprint density at radius 1 is 1.04 bits per heavy atom.